The zero-order chi connectivity index (χ0) is 36.0. The lowest BCUT2D eigenvalue weighted by molar-refractivity contribution is -0.145. The molecule has 0 saturated heterocycles. The Morgan fingerprint density at radius 1 is 0.562 bits per heavy atom. The monoisotopic (exact) mass is 672 g/mol. The number of aromatic hydroxyl groups is 1. The first-order valence-corrected chi connectivity index (χ1v) is 14.3. The summed E-state index contributed by atoms with van der Waals surface area (Å²) in [6.07, 6.45) is -3.12. The Labute approximate surface area is 272 Å². The van der Waals surface area contributed by atoms with E-state index in [2.05, 4.69) is 16.0 Å². The fraction of sp³-hybridized carbons (Fsp3) is 0.333. The summed E-state index contributed by atoms with van der Waals surface area (Å²) in [4.78, 5) is 98.4. The standard InChI is InChI=1S/C30H36N6O12/c31-18(12-23(32)38)26(43)33-19(10-15-4-2-1-3-5-15)27(44)34-20(13-24(39)40)28(45)35-21(14-25(41)42)29(46)36-22(30(47)48)11-16-6-8-17(37)9-7-16/h1-9,18-22,37H,10-14,31H2,(H2,32,38)(H,33,43)(H,34,44)(H,35,45)(H,36,46)(H,39,40)(H,41,42)(H,47,48)/t18-,19-,20-,21-,22-/m0/s1. The van der Waals surface area contributed by atoms with Crippen molar-refractivity contribution in [1.29, 1.82) is 0 Å². The van der Waals surface area contributed by atoms with Gasteiger partial charge >= 0.3 is 17.9 Å². The molecule has 2 aromatic carbocycles. The van der Waals surface area contributed by atoms with Gasteiger partial charge in [-0.1, -0.05) is 42.5 Å². The molecule has 0 fully saturated rings. The second-order valence-electron chi connectivity index (χ2n) is 10.6. The molecule has 0 heterocycles. The number of rotatable bonds is 19. The van der Waals surface area contributed by atoms with E-state index < -0.39 is 96.9 Å². The lowest BCUT2D eigenvalue weighted by Gasteiger charge is -2.25. The molecule has 0 spiro atoms. The molecule has 0 aromatic heterocycles. The van der Waals surface area contributed by atoms with Gasteiger partial charge in [-0.3, -0.25) is 33.6 Å². The molecule has 5 atom stereocenters. The second kappa shape index (κ2) is 18.2. The predicted molar refractivity (Wildman–Crippen MR) is 164 cm³/mol. The largest absolute Gasteiger partial charge is 0.508 e. The van der Waals surface area contributed by atoms with Gasteiger partial charge in [0.25, 0.3) is 0 Å². The summed E-state index contributed by atoms with van der Waals surface area (Å²) < 4.78 is 0. The van der Waals surface area contributed by atoms with Crippen molar-refractivity contribution in [3.63, 3.8) is 0 Å². The van der Waals surface area contributed by atoms with Crippen LogP contribution < -0.4 is 32.7 Å². The van der Waals surface area contributed by atoms with Crippen molar-refractivity contribution in [1.82, 2.24) is 21.3 Å². The summed E-state index contributed by atoms with van der Waals surface area (Å²) >= 11 is 0. The SMILES string of the molecule is NC(=O)C[C@H](N)C(=O)N[C@@H](Cc1ccccc1)C(=O)N[C@@H](CC(=O)O)C(=O)N[C@@H](CC(=O)O)C(=O)N[C@@H](Cc1ccc(O)cc1)C(=O)O. The Bertz CT molecular complexity index is 1500. The number of phenolic OH excluding ortho intramolecular Hbond substituents is 1. The number of nitrogens with two attached hydrogens (primary N) is 2. The Morgan fingerprint density at radius 2 is 0.979 bits per heavy atom. The lowest BCUT2D eigenvalue weighted by Crippen LogP contribution is -2.59. The zero-order valence-electron chi connectivity index (χ0n) is 25.3. The van der Waals surface area contributed by atoms with E-state index in [1.807, 2.05) is 5.32 Å². The minimum Gasteiger partial charge on any atom is -0.508 e. The molecule has 0 saturated carbocycles. The van der Waals surface area contributed by atoms with E-state index >= 15 is 0 Å². The van der Waals surface area contributed by atoms with Gasteiger partial charge in [-0.05, 0) is 23.3 Å². The predicted octanol–water partition coefficient (Wildman–Crippen LogP) is -2.65. The van der Waals surface area contributed by atoms with Gasteiger partial charge in [0.1, 0.15) is 29.9 Å². The van der Waals surface area contributed by atoms with E-state index in [4.69, 9.17) is 11.5 Å². The van der Waals surface area contributed by atoms with Crippen molar-refractivity contribution in [2.75, 3.05) is 0 Å². The summed E-state index contributed by atoms with van der Waals surface area (Å²) in [6.45, 7) is 0. The quantitative estimate of drug-likeness (QED) is 0.0730. The Balaban J connectivity index is 2.28. The van der Waals surface area contributed by atoms with Crippen molar-refractivity contribution >= 4 is 47.4 Å². The minimum atomic E-state index is -1.92. The number of carboxylic acid groups (broad SMARTS) is 3. The maximum absolute atomic E-state index is 13.4. The third-order valence-corrected chi connectivity index (χ3v) is 6.69. The van der Waals surface area contributed by atoms with Gasteiger partial charge in [0, 0.05) is 12.8 Å². The van der Waals surface area contributed by atoms with Crippen molar-refractivity contribution in [2.45, 2.75) is 62.3 Å². The van der Waals surface area contributed by atoms with Crippen molar-refractivity contribution in [3.05, 3.63) is 65.7 Å². The summed E-state index contributed by atoms with van der Waals surface area (Å²) in [5.41, 5.74) is 11.7. The maximum Gasteiger partial charge on any atom is 0.326 e. The Morgan fingerprint density at radius 3 is 1.44 bits per heavy atom. The summed E-state index contributed by atoms with van der Waals surface area (Å²) in [5.74, 6) is -10.2. The summed E-state index contributed by atoms with van der Waals surface area (Å²) in [7, 11) is 0. The van der Waals surface area contributed by atoms with Crippen LogP contribution in [0.1, 0.15) is 30.4 Å². The summed E-state index contributed by atoms with van der Waals surface area (Å²) in [5, 5.41) is 46.5. The van der Waals surface area contributed by atoms with E-state index in [0.717, 1.165) is 0 Å². The number of primary amides is 1. The first kappa shape index (κ1) is 38.1. The topological polar surface area (TPSA) is 318 Å². The van der Waals surface area contributed by atoms with E-state index in [9.17, 15) is 58.8 Å². The molecule has 0 bridgehead atoms. The fourth-order valence-electron chi connectivity index (χ4n) is 4.30. The third kappa shape index (κ3) is 13.1. The van der Waals surface area contributed by atoms with Gasteiger partial charge in [0.05, 0.1) is 25.3 Å². The molecule has 258 valence electrons. The fourth-order valence-corrected chi connectivity index (χ4v) is 4.30. The molecular formula is C30H36N6O12. The number of hydrogen-bond donors (Lipinski definition) is 10. The van der Waals surface area contributed by atoms with Crippen LogP contribution in [-0.4, -0.2) is 98.1 Å². The smallest absolute Gasteiger partial charge is 0.326 e. The van der Waals surface area contributed by atoms with Gasteiger partial charge in [-0.2, -0.15) is 0 Å². The van der Waals surface area contributed by atoms with Gasteiger partial charge in [-0.25, -0.2) is 4.79 Å². The molecule has 0 aliphatic heterocycles. The van der Waals surface area contributed by atoms with Crippen LogP contribution >= 0.6 is 0 Å². The number of carbonyl (C=O) groups excluding carboxylic acids is 5. The van der Waals surface area contributed by atoms with Crippen molar-refractivity contribution < 1.29 is 58.8 Å². The number of nitrogens with one attached hydrogen (secondary N) is 4. The third-order valence-electron chi connectivity index (χ3n) is 6.69. The molecule has 18 nitrogen and oxygen atoms in total. The van der Waals surface area contributed by atoms with Crippen molar-refractivity contribution in [3.8, 4) is 5.75 Å². The molecule has 5 amide bonds. The highest BCUT2D eigenvalue weighted by Crippen LogP contribution is 2.12. The molecule has 0 aliphatic carbocycles. The molecule has 0 unspecified atom stereocenters. The average molecular weight is 673 g/mol. The number of carboxylic acids is 3. The van der Waals surface area contributed by atoms with Gasteiger partial charge in [0.15, 0.2) is 0 Å². The number of amides is 5. The van der Waals surface area contributed by atoms with E-state index in [1.54, 1.807) is 30.3 Å². The molecule has 18 heteroatoms. The number of aliphatic carboxylic acids is 3. The highest BCUT2D eigenvalue weighted by molar-refractivity contribution is 5.98. The number of carbonyl (C=O) groups is 8. The van der Waals surface area contributed by atoms with Crippen LogP contribution in [0.15, 0.2) is 54.6 Å². The van der Waals surface area contributed by atoms with Gasteiger partial charge in [0.2, 0.25) is 29.5 Å². The van der Waals surface area contributed by atoms with Crippen LogP contribution in [0.25, 0.3) is 0 Å². The maximum atomic E-state index is 13.4. The van der Waals surface area contributed by atoms with Crippen LogP contribution in [0.3, 0.4) is 0 Å². The first-order chi connectivity index (χ1) is 22.5. The van der Waals surface area contributed by atoms with E-state index in [1.165, 1.54) is 24.3 Å². The molecule has 12 N–H and O–H groups in total. The second-order valence-corrected chi connectivity index (χ2v) is 10.6. The molecule has 48 heavy (non-hydrogen) atoms. The van der Waals surface area contributed by atoms with E-state index in [0.29, 0.717) is 11.1 Å². The number of hydrogen-bond acceptors (Lipinski definition) is 10. The molecule has 0 aliphatic rings. The van der Waals surface area contributed by atoms with Crippen LogP contribution in [0.2, 0.25) is 0 Å². The number of phenols is 1. The van der Waals surface area contributed by atoms with Crippen LogP contribution in [0.5, 0.6) is 5.75 Å². The summed E-state index contributed by atoms with van der Waals surface area (Å²) in [6, 6.07) is 5.19. The van der Waals surface area contributed by atoms with Crippen LogP contribution in [0.4, 0.5) is 0 Å². The molecule has 2 aromatic rings. The molecule has 2 rings (SSSR count). The Hall–Kier alpha value is -6.04. The normalized spacial score (nSPS) is 13.8. The van der Waals surface area contributed by atoms with Crippen LogP contribution in [0, 0.1) is 0 Å². The van der Waals surface area contributed by atoms with Gasteiger partial charge in [-0.15, -0.1) is 0 Å². The number of benzene rings is 2. The first-order valence-electron chi connectivity index (χ1n) is 14.3. The highest BCUT2D eigenvalue weighted by atomic mass is 16.4. The van der Waals surface area contributed by atoms with Crippen molar-refractivity contribution in [2.24, 2.45) is 11.5 Å². The molecular weight excluding hydrogens is 636 g/mol. The Kier molecular flexibility index (Phi) is 14.5. The van der Waals surface area contributed by atoms with Gasteiger partial charge < -0.3 is 53.2 Å². The zero-order valence-corrected chi connectivity index (χ0v) is 25.3. The highest BCUT2D eigenvalue weighted by Gasteiger charge is 2.34. The van der Waals surface area contributed by atoms with E-state index in [-0.39, 0.29) is 18.6 Å². The molecule has 0 radical (unpaired) electrons. The minimum absolute atomic E-state index is 0.0951. The lowest BCUT2D eigenvalue weighted by atomic mass is 10.0. The van der Waals surface area contributed by atoms with Crippen LogP contribution in [-0.2, 0) is 51.2 Å². The average Bonchev–Trinajstić information content (AvgIpc) is 3.00.